The number of carboxylic acids is 1. The molecule has 1 aliphatic rings. The number of rotatable bonds is 7. The van der Waals surface area contributed by atoms with Crippen molar-refractivity contribution in [3.05, 3.63) is 30.1 Å². The van der Waals surface area contributed by atoms with Crippen LogP contribution in [0.3, 0.4) is 0 Å². The minimum Gasteiger partial charge on any atom is -0.481 e. The van der Waals surface area contributed by atoms with Gasteiger partial charge in [0, 0.05) is 43.4 Å². The summed E-state index contributed by atoms with van der Waals surface area (Å²) in [4.78, 5) is 28.8. The summed E-state index contributed by atoms with van der Waals surface area (Å²) in [6.07, 6.45) is -0.207. The molecule has 2 aromatic heterocycles. The number of alkyl halides is 3. The maximum absolute atomic E-state index is 13.0. The molecule has 0 radical (unpaired) electrons. The molecule has 1 saturated heterocycles. The number of aromatic nitrogens is 3. The fraction of sp³-hybridized carbons (Fsp3) is 0.524. The van der Waals surface area contributed by atoms with Crippen molar-refractivity contribution >= 4 is 33.8 Å². The van der Waals surface area contributed by atoms with Gasteiger partial charge < -0.3 is 24.6 Å². The zero-order chi connectivity index (χ0) is 27.8. The number of hydrogen-bond acceptors (Lipinski definition) is 8. The van der Waals surface area contributed by atoms with E-state index in [-0.39, 0.29) is 43.9 Å². The number of amides is 1. The van der Waals surface area contributed by atoms with Gasteiger partial charge in [-0.15, -0.1) is 0 Å². The van der Waals surface area contributed by atoms with Crippen LogP contribution in [0.15, 0.2) is 24.4 Å². The zero-order valence-corrected chi connectivity index (χ0v) is 20.9. The molecular formula is C21H26F3N5O7S. The maximum Gasteiger partial charge on any atom is 0.534 e. The summed E-state index contributed by atoms with van der Waals surface area (Å²) < 4.78 is 68.1. The molecule has 0 aliphatic carbocycles. The summed E-state index contributed by atoms with van der Waals surface area (Å²) in [6.45, 7) is 5.39. The Hall–Kier alpha value is -3.56. The normalized spacial score (nSPS) is 16.3. The molecule has 1 fully saturated rings. The Morgan fingerprint density at radius 1 is 1.16 bits per heavy atom. The third-order valence-electron chi connectivity index (χ3n) is 5.84. The first-order chi connectivity index (χ1) is 16.9. The van der Waals surface area contributed by atoms with Gasteiger partial charge in [-0.2, -0.15) is 26.7 Å². The van der Waals surface area contributed by atoms with Crippen molar-refractivity contribution < 1.29 is 45.6 Å². The molecule has 0 saturated carbocycles. The second-order valence-electron chi connectivity index (χ2n) is 9.62. The van der Waals surface area contributed by atoms with E-state index in [1.807, 2.05) is 20.8 Å². The van der Waals surface area contributed by atoms with E-state index in [0.717, 1.165) is 17.0 Å². The Balaban J connectivity index is 2.02. The predicted octanol–water partition coefficient (Wildman–Crippen LogP) is 3.39. The highest BCUT2D eigenvalue weighted by atomic mass is 32.2. The van der Waals surface area contributed by atoms with E-state index in [9.17, 15) is 41.4 Å². The van der Waals surface area contributed by atoms with Crippen LogP contribution < -0.4 is 9.50 Å². The fourth-order valence-corrected chi connectivity index (χ4v) is 4.38. The van der Waals surface area contributed by atoms with Crippen LogP contribution in [0, 0.1) is 5.41 Å². The molecule has 1 aliphatic heterocycles. The number of likely N-dealkylation sites (tertiary alicyclic amines) is 1. The number of nitrogens with one attached hydrogen (secondary N) is 1. The maximum atomic E-state index is 13.0. The van der Waals surface area contributed by atoms with Gasteiger partial charge in [-0.25, -0.2) is 14.5 Å². The summed E-state index contributed by atoms with van der Waals surface area (Å²) in [5, 5.41) is 26.2. The van der Waals surface area contributed by atoms with E-state index >= 15 is 0 Å². The highest BCUT2D eigenvalue weighted by Crippen LogP contribution is 2.37. The first-order valence-electron chi connectivity index (χ1n) is 11.0. The lowest BCUT2D eigenvalue weighted by Crippen LogP contribution is -2.47. The summed E-state index contributed by atoms with van der Waals surface area (Å²) in [5.41, 5.74) is -7.75. The first kappa shape index (κ1) is 28.0. The lowest BCUT2D eigenvalue weighted by Gasteiger charge is -2.37. The molecule has 0 bridgehead atoms. The average Bonchev–Trinajstić information content (AvgIpc) is 3.21. The lowest BCUT2D eigenvalue weighted by molar-refractivity contribution is -0.151. The Morgan fingerprint density at radius 2 is 1.78 bits per heavy atom. The number of halogens is 3. The first-order valence-corrected chi connectivity index (χ1v) is 12.4. The van der Waals surface area contributed by atoms with Gasteiger partial charge in [0.2, 0.25) is 0 Å². The third-order valence-corrected chi connectivity index (χ3v) is 6.82. The molecule has 0 atom stereocenters. The van der Waals surface area contributed by atoms with Crippen molar-refractivity contribution in [2.75, 3.05) is 18.4 Å². The number of aliphatic carboxylic acids is 1. The third kappa shape index (κ3) is 6.23. The molecule has 2 aromatic rings. The molecule has 3 heterocycles. The van der Waals surface area contributed by atoms with E-state index in [1.54, 1.807) is 10.7 Å². The number of hydrogen-bond donors (Lipinski definition) is 3. The van der Waals surface area contributed by atoms with E-state index in [0.29, 0.717) is 5.82 Å². The van der Waals surface area contributed by atoms with Crippen LogP contribution in [0.4, 0.5) is 29.6 Å². The van der Waals surface area contributed by atoms with Crippen LogP contribution in [-0.2, 0) is 26.9 Å². The number of nitrogens with zero attached hydrogens (tertiary/aromatic N) is 4. The standard InChI is InChI=1S/C21H26F3N5O7S/c1-19(2,3)29-16(4-7-25-29)27-15-11-14(36-37(34,35)21(22,23)24)10-13(26-15)12-20(17(30)31)5-8-28(9-6-20)18(32)33/h4,7,10-11H,5-6,8-9,12H2,1-3H3,(H,26,27)(H,30,31)(H,32,33). The van der Waals surface area contributed by atoms with Crippen LogP contribution in [0.5, 0.6) is 5.75 Å². The summed E-state index contributed by atoms with van der Waals surface area (Å²) in [7, 11) is -6.02. The number of carboxylic acid groups (broad SMARTS) is 2. The second-order valence-corrected chi connectivity index (χ2v) is 11.2. The molecule has 3 N–H and O–H groups in total. The second kappa shape index (κ2) is 9.72. The van der Waals surface area contributed by atoms with Gasteiger partial charge in [-0.1, -0.05) is 0 Å². The van der Waals surface area contributed by atoms with Crippen molar-refractivity contribution in [3.63, 3.8) is 0 Å². The highest BCUT2D eigenvalue weighted by molar-refractivity contribution is 7.88. The fourth-order valence-electron chi connectivity index (χ4n) is 3.94. The van der Waals surface area contributed by atoms with Crippen molar-refractivity contribution in [1.29, 1.82) is 0 Å². The topological polar surface area (TPSA) is 164 Å². The largest absolute Gasteiger partial charge is 0.534 e. The molecule has 12 nitrogen and oxygen atoms in total. The Kier molecular flexibility index (Phi) is 7.36. The van der Waals surface area contributed by atoms with E-state index < -0.39 is 44.4 Å². The van der Waals surface area contributed by atoms with E-state index in [1.165, 1.54) is 6.20 Å². The van der Waals surface area contributed by atoms with Crippen LogP contribution in [0.1, 0.15) is 39.3 Å². The molecule has 204 valence electrons. The summed E-state index contributed by atoms with van der Waals surface area (Å²) in [6, 6.07) is 3.42. The Morgan fingerprint density at radius 3 is 2.30 bits per heavy atom. The predicted molar refractivity (Wildman–Crippen MR) is 123 cm³/mol. The number of piperidine rings is 1. The molecule has 1 amide bonds. The van der Waals surface area contributed by atoms with Crippen molar-refractivity contribution in [2.24, 2.45) is 5.41 Å². The van der Waals surface area contributed by atoms with Gasteiger partial charge in [-0.3, -0.25) is 4.79 Å². The van der Waals surface area contributed by atoms with Gasteiger partial charge in [-0.05, 0) is 33.6 Å². The Labute approximate surface area is 210 Å². The molecule has 37 heavy (non-hydrogen) atoms. The van der Waals surface area contributed by atoms with Gasteiger partial charge in [0.1, 0.15) is 17.4 Å². The summed E-state index contributed by atoms with van der Waals surface area (Å²) in [5.74, 6) is -1.70. The molecule has 16 heteroatoms. The Bertz CT molecular complexity index is 1280. The monoisotopic (exact) mass is 549 g/mol. The van der Waals surface area contributed by atoms with Crippen LogP contribution in [-0.4, -0.2) is 69.0 Å². The average molecular weight is 550 g/mol. The summed E-state index contributed by atoms with van der Waals surface area (Å²) >= 11 is 0. The quantitative estimate of drug-likeness (QED) is 0.344. The van der Waals surface area contributed by atoms with E-state index in [4.69, 9.17) is 0 Å². The smallest absolute Gasteiger partial charge is 0.481 e. The minimum absolute atomic E-state index is 0.0645. The highest BCUT2D eigenvalue weighted by Gasteiger charge is 2.49. The van der Waals surface area contributed by atoms with Crippen LogP contribution >= 0.6 is 0 Å². The number of carbonyl (C=O) groups is 2. The van der Waals surface area contributed by atoms with Gasteiger partial charge in [0.05, 0.1) is 17.2 Å². The van der Waals surface area contributed by atoms with Gasteiger partial charge in [0.15, 0.2) is 0 Å². The molecular weight excluding hydrogens is 523 g/mol. The molecule has 0 aromatic carbocycles. The molecule has 0 unspecified atom stereocenters. The van der Waals surface area contributed by atoms with Crippen molar-refractivity contribution in [2.45, 2.75) is 51.1 Å². The number of pyridine rings is 1. The number of anilines is 2. The van der Waals surface area contributed by atoms with Gasteiger partial charge in [0.25, 0.3) is 0 Å². The van der Waals surface area contributed by atoms with Crippen LogP contribution in [0.25, 0.3) is 0 Å². The van der Waals surface area contributed by atoms with Crippen molar-refractivity contribution in [3.8, 4) is 5.75 Å². The minimum atomic E-state index is -6.02. The van der Waals surface area contributed by atoms with Crippen molar-refractivity contribution in [1.82, 2.24) is 19.7 Å². The van der Waals surface area contributed by atoms with E-state index in [2.05, 4.69) is 19.6 Å². The lowest BCUT2D eigenvalue weighted by atomic mass is 9.74. The zero-order valence-electron chi connectivity index (χ0n) is 20.1. The SMILES string of the molecule is CC(C)(C)n1nccc1Nc1cc(OS(=O)(=O)C(F)(F)F)cc(CC2(C(=O)O)CCN(C(=O)O)CC2)n1. The molecule has 0 spiro atoms. The van der Waals surface area contributed by atoms with Gasteiger partial charge >= 0.3 is 27.7 Å². The molecule has 3 rings (SSSR count). The van der Waals surface area contributed by atoms with Crippen LogP contribution in [0.2, 0.25) is 0 Å².